The van der Waals surface area contributed by atoms with E-state index in [9.17, 15) is 24.3 Å². The van der Waals surface area contributed by atoms with E-state index in [-0.39, 0.29) is 40.4 Å². The molecule has 1 fully saturated rings. The molecule has 0 aromatic carbocycles. The molecule has 0 aliphatic heterocycles. The van der Waals surface area contributed by atoms with Crippen LogP contribution >= 0.6 is 0 Å². The number of carbonyl (C=O) groups excluding carboxylic acids is 4. The molecule has 3 aliphatic carbocycles. The Morgan fingerprint density at radius 3 is 2.32 bits per heavy atom. The van der Waals surface area contributed by atoms with Gasteiger partial charge in [0.15, 0.2) is 0 Å². The molecule has 31 heavy (non-hydrogen) atoms. The summed E-state index contributed by atoms with van der Waals surface area (Å²) >= 11 is 0. The Kier molecular flexibility index (Phi) is 5.93. The molecule has 3 rings (SSSR count). The van der Waals surface area contributed by atoms with Crippen LogP contribution in [0.25, 0.3) is 0 Å². The van der Waals surface area contributed by atoms with Gasteiger partial charge in [-0.05, 0) is 30.6 Å². The van der Waals surface area contributed by atoms with Gasteiger partial charge in [0.1, 0.15) is 11.9 Å². The Bertz CT molecular complexity index is 907. The molecule has 7 nitrogen and oxygen atoms in total. The number of aliphatic hydroxyl groups is 1. The van der Waals surface area contributed by atoms with Gasteiger partial charge in [-0.2, -0.15) is 0 Å². The van der Waals surface area contributed by atoms with Gasteiger partial charge in [-0.25, -0.2) is 0 Å². The smallest absolute Gasteiger partial charge is 0.303 e. The molecule has 0 aromatic rings. The highest BCUT2D eigenvalue weighted by atomic mass is 16.5. The number of Topliss-reactive ketones (excluding diaryl/α,β-unsaturated/α-hetero) is 2. The van der Waals surface area contributed by atoms with Crippen LogP contribution in [0.3, 0.4) is 0 Å². The first-order valence-corrected chi connectivity index (χ1v) is 10.9. The Labute approximate surface area is 182 Å². The first-order chi connectivity index (χ1) is 14.3. The average molecular weight is 433 g/mol. The fourth-order valence-corrected chi connectivity index (χ4v) is 6.03. The SMILES string of the molecule is CC(=O)OCC(C)C1=C(O)C2=C(C(=O)C1=O)[C@@]1(C)CCCC(C)(C)[C@@H]1C[C@H]2OC(C)=O. The summed E-state index contributed by atoms with van der Waals surface area (Å²) in [7, 11) is 0. The van der Waals surface area contributed by atoms with Crippen LogP contribution in [-0.2, 0) is 28.7 Å². The summed E-state index contributed by atoms with van der Waals surface area (Å²) < 4.78 is 10.6. The molecule has 0 spiro atoms. The van der Waals surface area contributed by atoms with Crippen molar-refractivity contribution < 1.29 is 33.8 Å². The van der Waals surface area contributed by atoms with Gasteiger partial charge < -0.3 is 14.6 Å². The van der Waals surface area contributed by atoms with Crippen molar-refractivity contribution in [2.45, 2.75) is 73.3 Å². The van der Waals surface area contributed by atoms with Crippen molar-refractivity contribution in [1.82, 2.24) is 0 Å². The maximum absolute atomic E-state index is 13.5. The van der Waals surface area contributed by atoms with E-state index in [1.54, 1.807) is 6.92 Å². The number of fused-ring (bicyclic) bond motifs is 2. The predicted octanol–water partition coefficient (Wildman–Crippen LogP) is 3.61. The van der Waals surface area contributed by atoms with Crippen LogP contribution in [0.5, 0.6) is 0 Å². The van der Waals surface area contributed by atoms with Crippen LogP contribution in [0.4, 0.5) is 0 Å². The first-order valence-electron chi connectivity index (χ1n) is 10.9. The van der Waals surface area contributed by atoms with Crippen molar-refractivity contribution in [3.05, 3.63) is 22.5 Å². The Morgan fingerprint density at radius 1 is 1.10 bits per heavy atom. The second kappa shape index (κ2) is 7.92. The molecular weight excluding hydrogens is 400 g/mol. The van der Waals surface area contributed by atoms with Crippen molar-refractivity contribution in [3.63, 3.8) is 0 Å². The van der Waals surface area contributed by atoms with Crippen molar-refractivity contribution >= 4 is 23.5 Å². The van der Waals surface area contributed by atoms with Crippen LogP contribution in [0, 0.1) is 22.7 Å². The molecule has 1 saturated carbocycles. The lowest BCUT2D eigenvalue weighted by Crippen LogP contribution is -2.53. The molecule has 7 heteroatoms. The molecule has 1 unspecified atom stereocenters. The van der Waals surface area contributed by atoms with Crippen molar-refractivity contribution in [2.75, 3.05) is 6.61 Å². The summed E-state index contributed by atoms with van der Waals surface area (Å²) in [6, 6.07) is 0. The third-order valence-electron chi connectivity index (χ3n) is 7.37. The summed E-state index contributed by atoms with van der Waals surface area (Å²) in [5.41, 5.74) is -0.261. The number of ketones is 2. The number of aliphatic hydroxyl groups excluding tert-OH is 1. The molecule has 0 radical (unpaired) electrons. The predicted molar refractivity (Wildman–Crippen MR) is 112 cm³/mol. The third kappa shape index (κ3) is 3.83. The number of allylic oxidation sites excluding steroid dienone is 1. The van der Waals surface area contributed by atoms with Gasteiger partial charge in [0.05, 0.1) is 12.2 Å². The summed E-state index contributed by atoms with van der Waals surface area (Å²) in [5.74, 6) is -3.43. The minimum Gasteiger partial charge on any atom is -0.507 e. The lowest BCUT2D eigenvalue weighted by Gasteiger charge is -2.56. The van der Waals surface area contributed by atoms with Crippen LogP contribution < -0.4 is 0 Å². The first kappa shape index (κ1) is 23.2. The quantitative estimate of drug-likeness (QED) is 0.411. The van der Waals surface area contributed by atoms with Crippen LogP contribution in [0.2, 0.25) is 0 Å². The Morgan fingerprint density at radius 2 is 1.74 bits per heavy atom. The van der Waals surface area contributed by atoms with Gasteiger partial charge in [-0.3, -0.25) is 19.2 Å². The Balaban J connectivity index is 2.21. The second-order valence-corrected chi connectivity index (χ2v) is 10.1. The summed E-state index contributed by atoms with van der Waals surface area (Å²) in [6.45, 7) is 10.3. The number of hydrogen-bond donors (Lipinski definition) is 1. The number of carbonyl (C=O) groups is 4. The highest BCUT2D eigenvalue weighted by Gasteiger charge is 2.58. The minimum atomic E-state index is -0.809. The molecule has 0 heterocycles. The van der Waals surface area contributed by atoms with Crippen LogP contribution in [-0.4, -0.2) is 41.3 Å². The lowest BCUT2D eigenvalue weighted by molar-refractivity contribution is -0.149. The molecule has 4 atom stereocenters. The van der Waals surface area contributed by atoms with Crippen molar-refractivity contribution in [1.29, 1.82) is 0 Å². The molecule has 1 N–H and O–H groups in total. The van der Waals surface area contributed by atoms with Gasteiger partial charge in [0.25, 0.3) is 0 Å². The fraction of sp³-hybridized carbons (Fsp3) is 0.667. The topological polar surface area (TPSA) is 107 Å². The highest BCUT2D eigenvalue weighted by Crippen LogP contribution is 2.61. The molecule has 0 amide bonds. The second-order valence-electron chi connectivity index (χ2n) is 10.1. The standard InChI is InChI=1S/C24H32O7/c1-12(11-30-13(2)25)17-20(27)18-15(31-14(3)26)10-16-23(4,5)8-7-9-24(16,6)19(18)22(29)21(17)28/h12,15-16,27H,7-11H2,1-6H3/t12?,15-,16+,24+/m1/s1. The molecule has 0 bridgehead atoms. The van der Waals surface area contributed by atoms with E-state index in [0.29, 0.717) is 6.42 Å². The lowest BCUT2D eigenvalue weighted by atomic mass is 9.48. The summed E-state index contributed by atoms with van der Waals surface area (Å²) in [6.07, 6.45) is 2.25. The van der Waals surface area contributed by atoms with Gasteiger partial charge in [-0.1, -0.05) is 34.1 Å². The summed E-state index contributed by atoms with van der Waals surface area (Å²) in [5, 5.41) is 11.2. The van der Waals surface area contributed by atoms with Gasteiger partial charge in [-0.15, -0.1) is 0 Å². The fourth-order valence-electron chi connectivity index (χ4n) is 6.03. The van der Waals surface area contributed by atoms with E-state index in [1.807, 2.05) is 6.92 Å². The number of hydrogen-bond acceptors (Lipinski definition) is 7. The van der Waals surface area contributed by atoms with E-state index >= 15 is 0 Å². The normalized spacial score (nSPS) is 31.0. The monoisotopic (exact) mass is 432 g/mol. The third-order valence-corrected chi connectivity index (χ3v) is 7.37. The molecular formula is C24H32O7. The van der Waals surface area contributed by atoms with E-state index in [2.05, 4.69) is 13.8 Å². The zero-order chi connectivity index (χ0) is 23.3. The van der Waals surface area contributed by atoms with E-state index < -0.39 is 40.9 Å². The van der Waals surface area contributed by atoms with Crippen LogP contribution in [0.15, 0.2) is 22.5 Å². The number of esters is 2. The van der Waals surface area contributed by atoms with Crippen LogP contribution in [0.1, 0.15) is 67.2 Å². The molecule has 170 valence electrons. The largest absolute Gasteiger partial charge is 0.507 e. The summed E-state index contributed by atoms with van der Waals surface area (Å²) in [4.78, 5) is 49.7. The van der Waals surface area contributed by atoms with Gasteiger partial charge in [0, 0.05) is 36.3 Å². The molecule has 3 aliphatic rings. The zero-order valence-corrected chi connectivity index (χ0v) is 19.2. The maximum Gasteiger partial charge on any atom is 0.303 e. The maximum atomic E-state index is 13.5. The van der Waals surface area contributed by atoms with Crippen molar-refractivity contribution in [3.8, 4) is 0 Å². The average Bonchev–Trinajstić information content (AvgIpc) is 2.64. The highest BCUT2D eigenvalue weighted by molar-refractivity contribution is 6.50. The van der Waals surface area contributed by atoms with Crippen molar-refractivity contribution in [2.24, 2.45) is 22.7 Å². The molecule has 0 saturated heterocycles. The van der Waals surface area contributed by atoms with E-state index in [4.69, 9.17) is 9.47 Å². The van der Waals surface area contributed by atoms with E-state index in [1.165, 1.54) is 13.8 Å². The number of rotatable bonds is 4. The number of ether oxygens (including phenoxy) is 2. The van der Waals surface area contributed by atoms with Gasteiger partial charge >= 0.3 is 11.9 Å². The van der Waals surface area contributed by atoms with E-state index in [0.717, 1.165) is 19.3 Å². The minimum absolute atomic E-state index is 0.0152. The molecule has 0 aromatic heterocycles. The Hall–Kier alpha value is -2.44. The zero-order valence-electron chi connectivity index (χ0n) is 19.2. The van der Waals surface area contributed by atoms with Gasteiger partial charge in [0.2, 0.25) is 11.6 Å².